The summed E-state index contributed by atoms with van der Waals surface area (Å²) in [6.07, 6.45) is 3.47. The maximum atomic E-state index is 12.3. The van der Waals surface area contributed by atoms with E-state index in [1.807, 2.05) is 45.0 Å². The SMILES string of the molecule is Cc1ccc(C(=O)OC(C)(C)[C@H]2CC[C@@]3(C)O[C@H]3C2)cc1. The number of fused-ring (bicyclic) bond motifs is 1. The van der Waals surface area contributed by atoms with Gasteiger partial charge in [-0.2, -0.15) is 0 Å². The smallest absolute Gasteiger partial charge is 0.338 e. The molecule has 1 aliphatic carbocycles. The van der Waals surface area contributed by atoms with Gasteiger partial charge in [-0.25, -0.2) is 4.79 Å². The molecule has 1 saturated carbocycles. The van der Waals surface area contributed by atoms with Crippen LogP contribution in [0.1, 0.15) is 56.0 Å². The zero-order valence-corrected chi connectivity index (χ0v) is 13.3. The second kappa shape index (κ2) is 4.84. The third-order valence-electron chi connectivity index (χ3n) is 5.15. The van der Waals surface area contributed by atoms with Crippen LogP contribution in [0.25, 0.3) is 0 Å². The van der Waals surface area contributed by atoms with Crippen molar-refractivity contribution in [1.82, 2.24) is 0 Å². The van der Waals surface area contributed by atoms with E-state index in [9.17, 15) is 4.79 Å². The van der Waals surface area contributed by atoms with E-state index in [0.29, 0.717) is 17.6 Å². The molecule has 3 rings (SSSR count). The van der Waals surface area contributed by atoms with E-state index in [0.717, 1.165) is 24.8 Å². The molecular formula is C18H24O3. The monoisotopic (exact) mass is 288 g/mol. The van der Waals surface area contributed by atoms with E-state index in [1.54, 1.807) is 0 Å². The molecule has 0 spiro atoms. The molecule has 114 valence electrons. The minimum Gasteiger partial charge on any atom is -0.456 e. The number of benzene rings is 1. The molecule has 3 nitrogen and oxygen atoms in total. The van der Waals surface area contributed by atoms with E-state index >= 15 is 0 Å². The van der Waals surface area contributed by atoms with Gasteiger partial charge in [0.25, 0.3) is 0 Å². The Bertz CT molecular complexity index is 546. The molecule has 0 aromatic heterocycles. The van der Waals surface area contributed by atoms with Crippen molar-refractivity contribution >= 4 is 5.97 Å². The molecule has 21 heavy (non-hydrogen) atoms. The lowest BCUT2D eigenvalue weighted by molar-refractivity contribution is -0.0378. The molecular weight excluding hydrogens is 264 g/mol. The van der Waals surface area contributed by atoms with Gasteiger partial charge in [-0.05, 0) is 59.1 Å². The van der Waals surface area contributed by atoms with E-state index < -0.39 is 5.60 Å². The van der Waals surface area contributed by atoms with Crippen molar-refractivity contribution in [1.29, 1.82) is 0 Å². The minimum atomic E-state index is -0.449. The zero-order valence-electron chi connectivity index (χ0n) is 13.3. The highest BCUT2D eigenvalue weighted by atomic mass is 16.6. The lowest BCUT2D eigenvalue weighted by Crippen LogP contribution is -2.40. The summed E-state index contributed by atoms with van der Waals surface area (Å²) in [7, 11) is 0. The fourth-order valence-corrected chi connectivity index (χ4v) is 3.35. The van der Waals surface area contributed by atoms with Gasteiger partial charge in [-0.3, -0.25) is 0 Å². The van der Waals surface area contributed by atoms with Gasteiger partial charge in [-0.15, -0.1) is 0 Å². The zero-order chi connectivity index (χ0) is 15.3. The number of carbonyl (C=O) groups is 1. The predicted octanol–water partition coefficient (Wildman–Crippen LogP) is 3.89. The van der Waals surface area contributed by atoms with Gasteiger partial charge in [0.15, 0.2) is 0 Å². The number of ether oxygens (including phenoxy) is 2. The van der Waals surface area contributed by atoms with Crippen molar-refractivity contribution in [2.24, 2.45) is 5.92 Å². The number of hydrogen-bond donors (Lipinski definition) is 0. The first kappa shape index (κ1) is 14.6. The normalized spacial score (nSPS) is 31.4. The van der Waals surface area contributed by atoms with Crippen molar-refractivity contribution in [3.05, 3.63) is 35.4 Å². The number of hydrogen-bond acceptors (Lipinski definition) is 3. The van der Waals surface area contributed by atoms with Gasteiger partial charge < -0.3 is 9.47 Å². The third-order valence-corrected chi connectivity index (χ3v) is 5.15. The van der Waals surface area contributed by atoms with Gasteiger partial charge in [-0.1, -0.05) is 17.7 Å². The van der Waals surface area contributed by atoms with Crippen LogP contribution in [0, 0.1) is 12.8 Å². The van der Waals surface area contributed by atoms with E-state index in [4.69, 9.17) is 9.47 Å². The van der Waals surface area contributed by atoms with Crippen LogP contribution in [0.5, 0.6) is 0 Å². The van der Waals surface area contributed by atoms with E-state index in [1.165, 1.54) is 0 Å². The van der Waals surface area contributed by atoms with E-state index in [2.05, 4.69) is 6.92 Å². The highest BCUT2D eigenvalue weighted by Crippen LogP contribution is 2.51. The van der Waals surface area contributed by atoms with Gasteiger partial charge >= 0.3 is 5.97 Å². The Morgan fingerprint density at radius 1 is 1.33 bits per heavy atom. The van der Waals surface area contributed by atoms with Gasteiger partial charge in [0, 0.05) is 5.92 Å². The molecule has 0 amide bonds. The molecule has 1 saturated heterocycles. The second-order valence-corrected chi connectivity index (χ2v) is 7.25. The number of rotatable bonds is 3. The van der Waals surface area contributed by atoms with Gasteiger partial charge in [0.2, 0.25) is 0 Å². The van der Waals surface area contributed by atoms with Crippen LogP contribution >= 0.6 is 0 Å². The van der Waals surface area contributed by atoms with Crippen LogP contribution in [-0.4, -0.2) is 23.3 Å². The first-order chi connectivity index (χ1) is 9.80. The summed E-state index contributed by atoms with van der Waals surface area (Å²) in [5.41, 5.74) is 1.42. The van der Waals surface area contributed by atoms with Gasteiger partial charge in [0.05, 0.1) is 17.3 Å². The Labute approximate surface area is 126 Å². The summed E-state index contributed by atoms with van der Waals surface area (Å²) in [6, 6.07) is 7.53. The molecule has 3 atom stereocenters. The average Bonchev–Trinajstić information content (AvgIpc) is 3.09. The summed E-state index contributed by atoms with van der Waals surface area (Å²) in [6.45, 7) is 8.23. The lowest BCUT2D eigenvalue weighted by atomic mass is 9.75. The van der Waals surface area contributed by atoms with E-state index in [-0.39, 0.29) is 11.6 Å². The second-order valence-electron chi connectivity index (χ2n) is 7.25. The average molecular weight is 288 g/mol. The van der Waals surface area contributed by atoms with Crippen LogP contribution in [0.15, 0.2) is 24.3 Å². The number of epoxide rings is 1. The summed E-state index contributed by atoms with van der Waals surface area (Å²) < 4.78 is 11.6. The Balaban J connectivity index is 1.65. The molecule has 1 heterocycles. The molecule has 0 N–H and O–H groups in total. The minimum absolute atomic E-state index is 0.105. The van der Waals surface area contributed by atoms with Crippen LogP contribution in [0.2, 0.25) is 0 Å². The topological polar surface area (TPSA) is 38.8 Å². The molecule has 0 radical (unpaired) electrons. The molecule has 3 heteroatoms. The first-order valence-electron chi connectivity index (χ1n) is 7.78. The van der Waals surface area contributed by atoms with Crippen molar-refractivity contribution < 1.29 is 14.3 Å². The van der Waals surface area contributed by atoms with Crippen LogP contribution in [0.4, 0.5) is 0 Å². The Morgan fingerprint density at radius 3 is 2.62 bits per heavy atom. The molecule has 1 aliphatic heterocycles. The van der Waals surface area contributed by atoms with Crippen molar-refractivity contribution in [2.45, 2.75) is 64.3 Å². The molecule has 2 fully saturated rings. The Hall–Kier alpha value is -1.35. The molecule has 0 bridgehead atoms. The lowest BCUT2D eigenvalue weighted by Gasteiger charge is -2.36. The molecule has 1 aromatic carbocycles. The Morgan fingerprint density at radius 2 is 2.00 bits per heavy atom. The van der Waals surface area contributed by atoms with Crippen molar-refractivity contribution in [2.75, 3.05) is 0 Å². The maximum Gasteiger partial charge on any atom is 0.338 e. The molecule has 0 unspecified atom stereocenters. The summed E-state index contributed by atoms with van der Waals surface area (Å²) in [4.78, 5) is 12.3. The fraction of sp³-hybridized carbons (Fsp3) is 0.611. The number of carbonyl (C=O) groups excluding carboxylic acids is 1. The maximum absolute atomic E-state index is 12.3. The highest BCUT2D eigenvalue weighted by Gasteiger charge is 2.57. The summed E-state index contributed by atoms with van der Waals surface area (Å²) in [5, 5.41) is 0. The number of aryl methyl sites for hydroxylation is 1. The van der Waals surface area contributed by atoms with Crippen molar-refractivity contribution in [3.63, 3.8) is 0 Å². The quantitative estimate of drug-likeness (QED) is 0.625. The summed E-state index contributed by atoms with van der Waals surface area (Å²) in [5.74, 6) is 0.137. The van der Waals surface area contributed by atoms with Crippen molar-refractivity contribution in [3.8, 4) is 0 Å². The molecule has 2 aliphatic rings. The van der Waals surface area contributed by atoms with Crippen LogP contribution in [-0.2, 0) is 9.47 Å². The summed E-state index contributed by atoms with van der Waals surface area (Å²) >= 11 is 0. The fourth-order valence-electron chi connectivity index (χ4n) is 3.35. The van der Waals surface area contributed by atoms with Gasteiger partial charge in [0.1, 0.15) is 5.60 Å². The van der Waals surface area contributed by atoms with Crippen LogP contribution < -0.4 is 0 Å². The molecule has 1 aromatic rings. The third kappa shape index (κ3) is 2.84. The highest BCUT2D eigenvalue weighted by molar-refractivity contribution is 5.89. The first-order valence-corrected chi connectivity index (χ1v) is 7.78. The Kier molecular flexibility index (Phi) is 3.36. The number of esters is 1. The predicted molar refractivity (Wildman–Crippen MR) is 81.3 cm³/mol. The van der Waals surface area contributed by atoms with Crippen LogP contribution in [0.3, 0.4) is 0 Å². The largest absolute Gasteiger partial charge is 0.456 e. The standard InChI is InChI=1S/C18H24O3/c1-12-5-7-13(8-6-12)16(19)21-17(2,3)14-9-10-18(4)15(11-14)20-18/h5-8,14-15H,9-11H2,1-4H3/t14-,15-,18+/m0/s1.